The molecule has 1 aliphatic heterocycles. The Morgan fingerprint density at radius 1 is 1.73 bits per heavy atom. The summed E-state index contributed by atoms with van der Waals surface area (Å²) in [6.07, 6.45) is 1.81. The smallest absolute Gasteiger partial charge is 0.227 e. The molecule has 1 amide bonds. The number of nitrogens with one attached hydrogen (secondary N) is 1. The third-order valence-corrected chi connectivity index (χ3v) is 1.92. The molecular formula is C9H15NO. The van der Waals surface area contributed by atoms with Gasteiger partial charge in [-0.2, -0.15) is 0 Å². The molecule has 0 bridgehead atoms. The van der Waals surface area contributed by atoms with Gasteiger partial charge in [0.2, 0.25) is 5.91 Å². The fraction of sp³-hybridized carbons (Fsp3) is 0.667. The Labute approximate surface area is 67.7 Å². The van der Waals surface area contributed by atoms with Crippen LogP contribution in [-0.2, 0) is 4.79 Å². The van der Waals surface area contributed by atoms with Crippen LogP contribution in [0, 0.1) is 11.8 Å². The summed E-state index contributed by atoms with van der Waals surface area (Å²) in [5.41, 5.74) is 0.876. The lowest BCUT2D eigenvalue weighted by atomic mass is 9.95. The number of allylic oxidation sites excluding steroid dienone is 1. The fourth-order valence-electron chi connectivity index (χ4n) is 1.48. The van der Waals surface area contributed by atoms with Gasteiger partial charge in [-0.3, -0.25) is 4.79 Å². The quantitative estimate of drug-likeness (QED) is 0.642. The molecular weight excluding hydrogens is 138 g/mol. The van der Waals surface area contributed by atoms with Crippen LogP contribution in [0.5, 0.6) is 0 Å². The lowest BCUT2D eigenvalue weighted by Gasteiger charge is -2.07. The highest BCUT2D eigenvalue weighted by atomic mass is 16.2. The lowest BCUT2D eigenvalue weighted by Crippen LogP contribution is -2.19. The number of carbonyl (C=O) groups is 1. The van der Waals surface area contributed by atoms with Gasteiger partial charge < -0.3 is 5.32 Å². The number of amides is 1. The average Bonchev–Trinajstić information content (AvgIpc) is 2.09. The van der Waals surface area contributed by atoms with Gasteiger partial charge in [-0.15, -0.1) is 0 Å². The van der Waals surface area contributed by atoms with Crippen LogP contribution >= 0.6 is 0 Å². The highest BCUT2D eigenvalue weighted by molar-refractivity contribution is 5.83. The second kappa shape index (κ2) is 3.07. The largest absolute Gasteiger partial charge is 0.330 e. The van der Waals surface area contributed by atoms with Gasteiger partial charge in [0.05, 0.1) is 0 Å². The predicted octanol–water partition coefficient (Wildman–Crippen LogP) is 1.68. The zero-order chi connectivity index (χ0) is 8.43. The van der Waals surface area contributed by atoms with E-state index in [2.05, 4.69) is 25.7 Å². The maximum Gasteiger partial charge on any atom is 0.227 e. The molecule has 0 aromatic rings. The fourth-order valence-corrected chi connectivity index (χ4v) is 1.48. The van der Waals surface area contributed by atoms with E-state index in [9.17, 15) is 4.79 Å². The third kappa shape index (κ3) is 2.07. The summed E-state index contributed by atoms with van der Waals surface area (Å²) in [6.45, 7) is 8.00. The molecule has 0 spiro atoms. The zero-order valence-electron chi connectivity index (χ0n) is 7.18. The van der Waals surface area contributed by atoms with Gasteiger partial charge in [-0.05, 0) is 18.8 Å². The van der Waals surface area contributed by atoms with E-state index in [-0.39, 0.29) is 11.8 Å². The van der Waals surface area contributed by atoms with Gasteiger partial charge in [-0.25, -0.2) is 0 Å². The van der Waals surface area contributed by atoms with Crippen molar-refractivity contribution in [3.8, 4) is 0 Å². The van der Waals surface area contributed by atoms with Crippen molar-refractivity contribution in [2.75, 3.05) is 0 Å². The van der Waals surface area contributed by atoms with Gasteiger partial charge in [-0.1, -0.05) is 20.4 Å². The third-order valence-electron chi connectivity index (χ3n) is 1.92. The number of hydrogen-bond donors (Lipinski definition) is 1. The molecule has 1 saturated heterocycles. The van der Waals surface area contributed by atoms with Crippen LogP contribution < -0.4 is 5.32 Å². The molecule has 1 unspecified atom stereocenters. The molecule has 0 aliphatic carbocycles. The molecule has 1 atom stereocenters. The molecule has 2 heteroatoms. The maximum absolute atomic E-state index is 11.1. The Hall–Kier alpha value is -0.790. The summed E-state index contributed by atoms with van der Waals surface area (Å²) >= 11 is 0. The van der Waals surface area contributed by atoms with Crippen molar-refractivity contribution in [3.05, 3.63) is 12.3 Å². The van der Waals surface area contributed by atoms with Crippen LogP contribution in [0.3, 0.4) is 0 Å². The molecule has 11 heavy (non-hydrogen) atoms. The summed E-state index contributed by atoms with van der Waals surface area (Å²) in [5, 5.41) is 2.74. The van der Waals surface area contributed by atoms with E-state index in [1.54, 1.807) is 0 Å². The molecule has 62 valence electrons. The number of carbonyl (C=O) groups excluding carboxylic acids is 1. The number of rotatable bonds is 2. The van der Waals surface area contributed by atoms with Crippen molar-refractivity contribution < 1.29 is 4.79 Å². The highest BCUT2D eigenvalue weighted by Gasteiger charge is 2.26. The highest BCUT2D eigenvalue weighted by Crippen LogP contribution is 2.23. The van der Waals surface area contributed by atoms with Crippen molar-refractivity contribution in [3.63, 3.8) is 0 Å². The summed E-state index contributed by atoms with van der Waals surface area (Å²) in [6, 6.07) is 0. The second-order valence-corrected chi connectivity index (χ2v) is 3.62. The van der Waals surface area contributed by atoms with Crippen LogP contribution in [0.15, 0.2) is 12.3 Å². The zero-order valence-corrected chi connectivity index (χ0v) is 7.18. The predicted molar refractivity (Wildman–Crippen MR) is 44.8 cm³/mol. The minimum Gasteiger partial charge on any atom is -0.330 e. The van der Waals surface area contributed by atoms with E-state index in [0.717, 1.165) is 18.5 Å². The summed E-state index contributed by atoms with van der Waals surface area (Å²) in [7, 11) is 0. The first-order chi connectivity index (χ1) is 5.09. The molecule has 1 aliphatic rings. The van der Waals surface area contributed by atoms with Crippen LogP contribution in [-0.4, -0.2) is 5.91 Å². The van der Waals surface area contributed by atoms with Crippen LogP contribution in [0.4, 0.5) is 0 Å². The summed E-state index contributed by atoms with van der Waals surface area (Å²) < 4.78 is 0. The minimum atomic E-state index is 0.156. The van der Waals surface area contributed by atoms with Crippen molar-refractivity contribution in [1.29, 1.82) is 0 Å². The van der Waals surface area contributed by atoms with E-state index in [0.29, 0.717) is 5.92 Å². The standard InChI is InChI=1S/C9H15NO/c1-6(2)4-8-5-7(3)10-9(8)11/h6,8H,3-5H2,1-2H3,(H,10,11). The molecule has 1 rings (SSSR count). The Morgan fingerprint density at radius 3 is 2.73 bits per heavy atom. The second-order valence-electron chi connectivity index (χ2n) is 3.62. The molecule has 0 radical (unpaired) electrons. The summed E-state index contributed by atoms with van der Waals surface area (Å²) in [4.78, 5) is 11.1. The van der Waals surface area contributed by atoms with Gasteiger partial charge in [0.1, 0.15) is 0 Å². The molecule has 1 heterocycles. The molecule has 0 aromatic heterocycles. The first kappa shape index (κ1) is 8.31. The van der Waals surface area contributed by atoms with Crippen LogP contribution in [0.1, 0.15) is 26.7 Å². The number of hydrogen-bond acceptors (Lipinski definition) is 1. The van der Waals surface area contributed by atoms with E-state index in [1.807, 2.05) is 0 Å². The first-order valence-electron chi connectivity index (χ1n) is 4.08. The Balaban J connectivity index is 2.47. The Bertz CT molecular complexity index is 184. The van der Waals surface area contributed by atoms with Crippen molar-refractivity contribution in [2.24, 2.45) is 11.8 Å². The Morgan fingerprint density at radius 2 is 2.36 bits per heavy atom. The molecule has 0 aromatic carbocycles. The van der Waals surface area contributed by atoms with Crippen LogP contribution in [0.25, 0.3) is 0 Å². The van der Waals surface area contributed by atoms with Crippen molar-refractivity contribution >= 4 is 5.91 Å². The Kier molecular flexibility index (Phi) is 2.32. The van der Waals surface area contributed by atoms with E-state index in [4.69, 9.17) is 0 Å². The van der Waals surface area contributed by atoms with Crippen LogP contribution in [0.2, 0.25) is 0 Å². The first-order valence-corrected chi connectivity index (χ1v) is 4.08. The molecule has 0 saturated carbocycles. The van der Waals surface area contributed by atoms with E-state index >= 15 is 0 Å². The van der Waals surface area contributed by atoms with Gasteiger partial charge in [0.15, 0.2) is 0 Å². The van der Waals surface area contributed by atoms with E-state index < -0.39 is 0 Å². The van der Waals surface area contributed by atoms with E-state index in [1.165, 1.54) is 0 Å². The minimum absolute atomic E-state index is 0.156. The lowest BCUT2D eigenvalue weighted by molar-refractivity contribution is -0.122. The topological polar surface area (TPSA) is 29.1 Å². The average molecular weight is 153 g/mol. The maximum atomic E-state index is 11.1. The SMILES string of the molecule is C=C1CC(CC(C)C)C(=O)N1. The van der Waals surface area contributed by atoms with Crippen molar-refractivity contribution in [2.45, 2.75) is 26.7 Å². The molecule has 1 N–H and O–H groups in total. The van der Waals surface area contributed by atoms with Gasteiger partial charge in [0, 0.05) is 11.6 Å². The van der Waals surface area contributed by atoms with Gasteiger partial charge >= 0.3 is 0 Å². The summed E-state index contributed by atoms with van der Waals surface area (Å²) in [5.74, 6) is 0.933. The monoisotopic (exact) mass is 153 g/mol. The van der Waals surface area contributed by atoms with Gasteiger partial charge in [0.25, 0.3) is 0 Å². The normalized spacial score (nSPS) is 24.5. The molecule has 2 nitrogen and oxygen atoms in total. The van der Waals surface area contributed by atoms with Crippen molar-refractivity contribution in [1.82, 2.24) is 5.32 Å². The molecule has 1 fully saturated rings.